The second kappa shape index (κ2) is 7.84. The number of aliphatic carboxylic acids is 1. The standard InChI is InChI=1S/C15H18Br2O3/c1-9(2)12-7-11(16)8-13(17)14(12)20-6-4-5-10(3)15(18)19/h7-9H,3-6H2,1-2H3,(H,18,19). The van der Waals surface area contributed by atoms with Gasteiger partial charge in [0.05, 0.1) is 11.1 Å². The van der Waals surface area contributed by atoms with Gasteiger partial charge in [-0.3, -0.25) is 0 Å². The highest BCUT2D eigenvalue weighted by Crippen LogP contribution is 2.37. The second-order valence-electron chi connectivity index (χ2n) is 4.82. The summed E-state index contributed by atoms with van der Waals surface area (Å²) in [7, 11) is 0. The van der Waals surface area contributed by atoms with Gasteiger partial charge < -0.3 is 9.84 Å². The van der Waals surface area contributed by atoms with Gasteiger partial charge in [0.15, 0.2) is 0 Å². The average molecular weight is 406 g/mol. The number of halogens is 2. The van der Waals surface area contributed by atoms with Crippen LogP contribution in [0.3, 0.4) is 0 Å². The number of carboxylic acid groups (broad SMARTS) is 1. The van der Waals surface area contributed by atoms with Crippen LogP contribution in [0.25, 0.3) is 0 Å². The van der Waals surface area contributed by atoms with Crippen LogP contribution in [0.5, 0.6) is 5.75 Å². The van der Waals surface area contributed by atoms with Crippen molar-refractivity contribution in [3.8, 4) is 5.75 Å². The molecule has 0 saturated carbocycles. The minimum absolute atomic E-state index is 0.215. The molecule has 0 aliphatic heterocycles. The summed E-state index contributed by atoms with van der Waals surface area (Å²) in [6.07, 6.45) is 1.06. The van der Waals surface area contributed by atoms with Crippen LogP contribution in [-0.4, -0.2) is 17.7 Å². The predicted molar refractivity (Wildman–Crippen MR) is 87.4 cm³/mol. The molecule has 0 atom stereocenters. The number of carbonyl (C=O) groups is 1. The molecule has 0 bridgehead atoms. The molecular weight excluding hydrogens is 388 g/mol. The van der Waals surface area contributed by atoms with Gasteiger partial charge in [-0.2, -0.15) is 0 Å². The zero-order chi connectivity index (χ0) is 15.3. The number of benzene rings is 1. The fourth-order valence-electron chi connectivity index (χ4n) is 1.73. The molecule has 0 fully saturated rings. The van der Waals surface area contributed by atoms with Crippen LogP contribution in [0.4, 0.5) is 0 Å². The molecule has 1 aromatic carbocycles. The van der Waals surface area contributed by atoms with Crippen LogP contribution in [0, 0.1) is 0 Å². The average Bonchev–Trinajstić information content (AvgIpc) is 2.35. The molecule has 5 heteroatoms. The highest BCUT2D eigenvalue weighted by Gasteiger charge is 2.13. The van der Waals surface area contributed by atoms with E-state index in [0.29, 0.717) is 25.4 Å². The summed E-state index contributed by atoms with van der Waals surface area (Å²) in [6, 6.07) is 3.98. The van der Waals surface area contributed by atoms with Gasteiger partial charge in [-0.05, 0) is 52.4 Å². The second-order valence-corrected chi connectivity index (χ2v) is 6.59. The summed E-state index contributed by atoms with van der Waals surface area (Å²) in [4.78, 5) is 10.6. The van der Waals surface area contributed by atoms with E-state index in [1.165, 1.54) is 0 Å². The van der Waals surface area contributed by atoms with Gasteiger partial charge in [-0.25, -0.2) is 4.79 Å². The van der Waals surface area contributed by atoms with Gasteiger partial charge >= 0.3 is 5.97 Å². The zero-order valence-corrected chi connectivity index (χ0v) is 14.8. The Labute approximate surface area is 136 Å². The van der Waals surface area contributed by atoms with E-state index in [9.17, 15) is 4.79 Å². The van der Waals surface area contributed by atoms with Crippen LogP contribution in [-0.2, 0) is 4.79 Å². The summed E-state index contributed by atoms with van der Waals surface area (Å²) < 4.78 is 7.71. The molecule has 1 N–H and O–H groups in total. The molecule has 0 radical (unpaired) electrons. The number of ether oxygens (including phenoxy) is 1. The van der Waals surface area contributed by atoms with Gasteiger partial charge in [0.25, 0.3) is 0 Å². The van der Waals surface area contributed by atoms with Gasteiger partial charge in [0.1, 0.15) is 5.75 Å². The first kappa shape index (κ1) is 17.2. The molecule has 0 unspecified atom stereocenters. The van der Waals surface area contributed by atoms with Gasteiger partial charge in [-0.1, -0.05) is 36.4 Å². The number of hydrogen-bond donors (Lipinski definition) is 1. The van der Waals surface area contributed by atoms with Crippen molar-refractivity contribution in [2.24, 2.45) is 0 Å². The van der Waals surface area contributed by atoms with Crippen LogP contribution < -0.4 is 4.74 Å². The van der Waals surface area contributed by atoms with Crippen LogP contribution in [0.15, 0.2) is 33.2 Å². The predicted octanol–water partition coefficient (Wildman–Crippen LogP) is 5.13. The minimum Gasteiger partial charge on any atom is -0.492 e. The first-order valence-corrected chi connectivity index (χ1v) is 7.94. The molecule has 0 aliphatic carbocycles. The minimum atomic E-state index is -0.947. The highest BCUT2D eigenvalue weighted by atomic mass is 79.9. The molecule has 0 aromatic heterocycles. The van der Waals surface area contributed by atoms with Crippen molar-refractivity contribution < 1.29 is 14.6 Å². The maximum absolute atomic E-state index is 10.6. The van der Waals surface area contributed by atoms with E-state index < -0.39 is 5.97 Å². The number of carboxylic acids is 1. The van der Waals surface area contributed by atoms with Crippen LogP contribution in [0.2, 0.25) is 0 Å². The van der Waals surface area contributed by atoms with Gasteiger partial charge in [0.2, 0.25) is 0 Å². The Morgan fingerprint density at radius 2 is 2.05 bits per heavy atom. The van der Waals surface area contributed by atoms with Crippen molar-refractivity contribution in [1.29, 1.82) is 0 Å². The van der Waals surface area contributed by atoms with E-state index >= 15 is 0 Å². The lowest BCUT2D eigenvalue weighted by molar-refractivity contribution is -0.132. The maximum atomic E-state index is 10.6. The summed E-state index contributed by atoms with van der Waals surface area (Å²) in [5.41, 5.74) is 1.33. The Kier molecular flexibility index (Phi) is 6.76. The first-order chi connectivity index (χ1) is 9.32. The third-order valence-electron chi connectivity index (χ3n) is 2.83. The van der Waals surface area contributed by atoms with Crippen LogP contribution >= 0.6 is 31.9 Å². The Morgan fingerprint density at radius 1 is 1.40 bits per heavy atom. The zero-order valence-electron chi connectivity index (χ0n) is 11.6. The van der Waals surface area contributed by atoms with E-state index in [1.54, 1.807) is 0 Å². The highest BCUT2D eigenvalue weighted by molar-refractivity contribution is 9.11. The third kappa shape index (κ3) is 4.94. The Hall–Kier alpha value is -0.810. The molecule has 0 amide bonds. The lowest BCUT2D eigenvalue weighted by Gasteiger charge is -2.16. The molecule has 110 valence electrons. The maximum Gasteiger partial charge on any atom is 0.330 e. The van der Waals surface area contributed by atoms with Crippen LogP contribution in [0.1, 0.15) is 38.2 Å². The molecular formula is C15H18Br2O3. The van der Waals surface area contributed by atoms with E-state index in [4.69, 9.17) is 9.84 Å². The summed E-state index contributed by atoms with van der Waals surface area (Å²) in [5.74, 6) is 0.217. The number of rotatable bonds is 7. The topological polar surface area (TPSA) is 46.5 Å². The van der Waals surface area contributed by atoms with Gasteiger partial charge in [-0.15, -0.1) is 0 Å². The van der Waals surface area contributed by atoms with Crippen molar-refractivity contribution in [1.82, 2.24) is 0 Å². The fourth-order valence-corrected chi connectivity index (χ4v) is 3.10. The molecule has 0 saturated heterocycles. The Bertz CT molecular complexity index is 510. The largest absolute Gasteiger partial charge is 0.492 e. The summed E-state index contributed by atoms with van der Waals surface area (Å²) in [5, 5.41) is 8.74. The first-order valence-electron chi connectivity index (χ1n) is 6.35. The van der Waals surface area contributed by atoms with E-state index in [0.717, 1.165) is 20.3 Å². The van der Waals surface area contributed by atoms with E-state index in [-0.39, 0.29) is 5.57 Å². The summed E-state index contributed by atoms with van der Waals surface area (Å²) >= 11 is 6.97. The third-order valence-corrected chi connectivity index (χ3v) is 3.88. The monoisotopic (exact) mass is 404 g/mol. The molecule has 3 nitrogen and oxygen atoms in total. The Balaban J connectivity index is 2.68. The fraction of sp³-hybridized carbons (Fsp3) is 0.400. The van der Waals surface area contributed by atoms with E-state index in [2.05, 4.69) is 52.3 Å². The SMILES string of the molecule is C=C(CCCOc1c(Br)cc(Br)cc1C(C)C)C(=O)O. The lowest BCUT2D eigenvalue weighted by Crippen LogP contribution is -2.05. The number of hydrogen-bond acceptors (Lipinski definition) is 2. The van der Waals surface area contributed by atoms with Crippen molar-refractivity contribution in [2.75, 3.05) is 6.61 Å². The molecule has 0 aliphatic rings. The molecule has 0 spiro atoms. The Morgan fingerprint density at radius 3 is 2.60 bits per heavy atom. The molecule has 0 heterocycles. The van der Waals surface area contributed by atoms with Gasteiger partial charge in [0, 0.05) is 10.0 Å². The van der Waals surface area contributed by atoms with Crippen molar-refractivity contribution in [3.63, 3.8) is 0 Å². The normalized spacial score (nSPS) is 10.7. The molecule has 1 rings (SSSR count). The quantitative estimate of drug-likeness (QED) is 0.504. The van der Waals surface area contributed by atoms with Crippen molar-refractivity contribution >= 4 is 37.8 Å². The smallest absolute Gasteiger partial charge is 0.330 e. The lowest BCUT2D eigenvalue weighted by atomic mass is 10.0. The summed E-state index contributed by atoms with van der Waals surface area (Å²) in [6.45, 7) is 8.18. The molecule has 1 aromatic rings. The van der Waals surface area contributed by atoms with Crippen molar-refractivity contribution in [3.05, 3.63) is 38.8 Å². The van der Waals surface area contributed by atoms with Crippen molar-refractivity contribution in [2.45, 2.75) is 32.6 Å². The molecule has 20 heavy (non-hydrogen) atoms. The van der Waals surface area contributed by atoms with E-state index in [1.807, 2.05) is 12.1 Å².